The van der Waals surface area contributed by atoms with Crippen LogP contribution in [0.3, 0.4) is 0 Å². The van der Waals surface area contributed by atoms with E-state index in [1.807, 2.05) is 97.1 Å². The number of hydrogen-bond acceptors (Lipinski definition) is 27. The summed E-state index contributed by atoms with van der Waals surface area (Å²) in [5.41, 5.74) is -7.80. The van der Waals surface area contributed by atoms with E-state index in [1.165, 1.54) is 79.4 Å². The quantitative estimate of drug-likeness (QED) is 0.00455. The van der Waals surface area contributed by atoms with Crippen LogP contribution in [0, 0.1) is 41.4 Å². The van der Waals surface area contributed by atoms with Crippen molar-refractivity contribution in [3.63, 3.8) is 0 Å². The lowest BCUT2D eigenvalue weighted by Crippen LogP contribution is -2.59. The molecule has 0 bridgehead atoms. The van der Waals surface area contributed by atoms with Crippen molar-refractivity contribution in [3.8, 4) is 41.4 Å². The maximum absolute atomic E-state index is 14.2. The van der Waals surface area contributed by atoms with Crippen molar-refractivity contribution in [2.45, 2.75) is 166 Å². The van der Waals surface area contributed by atoms with Gasteiger partial charge in [0, 0.05) is 99.0 Å². The van der Waals surface area contributed by atoms with Crippen molar-refractivity contribution in [3.05, 3.63) is 276 Å². The van der Waals surface area contributed by atoms with Crippen molar-refractivity contribution in [2.24, 2.45) is 11.7 Å². The van der Waals surface area contributed by atoms with Gasteiger partial charge in [0.25, 0.3) is 33.4 Å². The zero-order valence-corrected chi connectivity index (χ0v) is 87.0. The number of aliphatic hydroxyl groups is 1. The van der Waals surface area contributed by atoms with Gasteiger partial charge >= 0.3 is 69.5 Å². The van der Waals surface area contributed by atoms with Crippen molar-refractivity contribution in [2.75, 3.05) is 77.2 Å². The topological polar surface area (TPSA) is 393 Å². The number of aromatic nitrogens is 6. The van der Waals surface area contributed by atoms with Crippen LogP contribution in [0.1, 0.15) is 112 Å². The number of nitrogens with zero attached hydrogens (tertiary/aromatic N) is 6. The molecule has 1 aliphatic carbocycles. The number of carbonyl (C=O) groups is 3. The average Bonchev–Trinajstić information content (AvgIpc) is 1.24. The molecular formula is C99H97Cl3F12N12O18S4Si2. The lowest BCUT2D eigenvalue weighted by Gasteiger charge is -2.35. The van der Waals surface area contributed by atoms with E-state index >= 15 is 0 Å². The SMILES string of the molecule is C[Si](OC[C@H]1O[C@@H](n2ccc(NCCCCCCC#CC3(C(F)(F)F)OC(=O)Nc4ccc(Cl)cc43)nc2=O)CS1)(c1ccccc1)c1ccccc1.C[Si](OC[C@H]1O[C@@H](n2ccc(OS(=O)(=O)C(F)(F)F)nc2=O)CS1)(c1ccccc1)c1ccccc1.NCCCCCCC#CC1(C(F)(F)F)OC(=O)Nc2ccc(Cl)cc21.Nc1ccn([C@H]2CS[C@@H](CO)O2)c(=O)n1.O=C1Nc2ccc(Cl)cc2C(C#CC2CC2)(C(F)(F)F)O1. The minimum absolute atomic E-state index is 0.00179. The van der Waals surface area contributed by atoms with Crippen LogP contribution in [-0.4, -0.2) is 168 Å². The highest BCUT2D eigenvalue weighted by Gasteiger charge is 2.65. The number of nitrogen functional groups attached to an aromatic ring is 1. The molecule has 17 rings (SSSR count). The molecule has 7 aromatic carbocycles. The molecule has 6 aliphatic heterocycles. The van der Waals surface area contributed by atoms with Crippen molar-refractivity contribution >= 4 is 165 Å². The van der Waals surface area contributed by atoms with Crippen LogP contribution in [0.15, 0.2) is 227 Å². The lowest BCUT2D eigenvalue weighted by molar-refractivity contribution is -0.239. The number of cyclic esters (lactones) is 3. The molecule has 798 valence electrons. The number of fused-ring (bicyclic) bond motifs is 3. The van der Waals surface area contributed by atoms with E-state index in [0.717, 1.165) is 90.3 Å². The van der Waals surface area contributed by atoms with Crippen LogP contribution in [-0.2, 0) is 64.2 Å². The standard InChI is InChI=1S/C38H38ClF3N4O5SSi.C22H21F3N2O6S2Si.C17H18ClF3N2O2.C14H9ClF3NO2.C8H11N3O3S/c1-53(28-14-8-6-9-15-28,29-16-10-7-11-17-29)49-25-34-50-33(26-52-34)46-23-20-32(45-35(46)47)43-22-13-5-3-2-4-12-21-37(38(40,41)42)30-24-27(39)18-19-31(30)44-36(48)51-37;1-36(16-8-4-2-5-9-16,17-10-6-3-7-11-17)31-14-20-32-19(15-34-20)27-13-12-18(26-21(27)28)33-35(29,30)22(23,24)25;18-12-7-8-14-13(11-12)16(17(19,20)21,25-15(24)23-14)9-5-3-1-2-4-6-10-22;15-9-3-4-11-10(7-9)13(14(16,17)18,21-12(20)19-11)6-5-8-1-2-8;9-5-1-2-11(8(13)10-5)6-4-15-7(3-12)14-6/h6-11,14-20,23-24,33-34H,2-5,13,22,25-26H2,1H3,(H,44,48)(H,43,45,47);2-13,19-20H,14-15H2,1H3;7-8,11H,1-4,6,10,22H2,(H,23,24);3-4,7-8H,1-2H2,(H,19,20);1-2,6-7,12H,3-4H2,(H2,9,10,13)/t33-,34+,37?;19-,20+;;;6-,7+/m11..1/s1. The molecule has 51 heteroatoms. The third-order valence-electron chi connectivity index (χ3n) is 23.6. The van der Waals surface area contributed by atoms with Gasteiger partial charge in [0.2, 0.25) is 5.88 Å². The second kappa shape index (κ2) is 50.7. The third-order valence-corrected chi connectivity index (χ3v) is 35.8. The second-order valence-corrected chi connectivity index (χ2v) is 47.7. The number of alkyl halides is 12. The molecule has 3 aromatic heterocycles. The number of benzene rings is 7. The van der Waals surface area contributed by atoms with E-state index < -0.39 is 127 Å². The molecule has 9 N–H and O–H groups in total. The van der Waals surface area contributed by atoms with Gasteiger partial charge in [0.1, 0.15) is 46.6 Å². The molecule has 9 atom stereocenters. The Morgan fingerprint density at radius 3 is 1.20 bits per heavy atom. The monoisotopic (exact) mass is 2260 g/mol. The number of nitrogens with two attached hydrogens (primary N) is 2. The van der Waals surface area contributed by atoms with Gasteiger partial charge in [-0.25, -0.2) is 28.8 Å². The highest BCUT2D eigenvalue weighted by Crippen LogP contribution is 2.52. The van der Waals surface area contributed by atoms with Crippen molar-refractivity contribution in [1.29, 1.82) is 0 Å². The Labute approximate surface area is 881 Å². The Kier molecular flexibility index (Phi) is 39.0. The summed E-state index contributed by atoms with van der Waals surface area (Å²) in [6.07, 6.45) is -7.66. The number of ether oxygens (including phenoxy) is 6. The van der Waals surface area contributed by atoms with E-state index in [-0.39, 0.29) is 104 Å². The Bertz CT molecular complexity index is 6850. The van der Waals surface area contributed by atoms with E-state index in [4.69, 9.17) is 79.2 Å². The van der Waals surface area contributed by atoms with Gasteiger partial charge in [-0.3, -0.25) is 29.7 Å². The molecular weight excluding hydrogens is 2160 g/mol. The lowest BCUT2D eigenvalue weighted by atomic mass is 9.90. The summed E-state index contributed by atoms with van der Waals surface area (Å²) in [7, 11) is -11.0. The summed E-state index contributed by atoms with van der Waals surface area (Å²) in [6, 6.07) is 55.8. The molecule has 1 saturated carbocycles. The maximum Gasteiger partial charge on any atom is 0.534 e. The molecule has 3 unspecified atom stereocenters. The fourth-order valence-corrected chi connectivity index (χ4v) is 25.4. The first-order valence-corrected chi connectivity index (χ1v) is 56.8. The summed E-state index contributed by atoms with van der Waals surface area (Å²) < 4.78 is 237. The zero-order valence-electron chi connectivity index (χ0n) is 79.4. The molecule has 0 radical (unpaired) electrons. The van der Waals surface area contributed by atoms with E-state index in [2.05, 4.69) is 123 Å². The van der Waals surface area contributed by atoms with Gasteiger partial charge in [-0.1, -0.05) is 200 Å². The average molecular weight is 2260 g/mol. The highest BCUT2D eigenvalue weighted by atomic mass is 35.5. The van der Waals surface area contributed by atoms with Crippen molar-refractivity contribution < 1.29 is 122 Å². The molecule has 7 aliphatic rings. The fourth-order valence-electron chi connectivity index (χ4n) is 15.7. The van der Waals surface area contributed by atoms with Gasteiger partial charge in [-0.2, -0.15) is 76.1 Å². The maximum atomic E-state index is 14.2. The predicted octanol–water partition coefficient (Wildman–Crippen LogP) is 17.8. The number of unbranched alkanes of at least 4 members (excludes halogenated alkanes) is 8. The number of hydrogen-bond donors (Lipinski definition) is 7. The Morgan fingerprint density at radius 1 is 0.480 bits per heavy atom. The summed E-state index contributed by atoms with van der Waals surface area (Å²) in [4.78, 5) is 82.9. The first-order chi connectivity index (χ1) is 71.3. The summed E-state index contributed by atoms with van der Waals surface area (Å²) in [5, 5.41) is 23.5. The number of anilines is 5. The number of nitrogens with one attached hydrogen (secondary N) is 4. The Balaban J connectivity index is 0.000000167. The second-order valence-electron chi connectivity index (χ2n) is 34.2. The molecule has 10 aromatic rings. The minimum atomic E-state index is -5.93. The van der Waals surface area contributed by atoms with E-state index in [1.54, 1.807) is 36.3 Å². The molecule has 3 saturated heterocycles. The number of thioether (sulfide) groups is 3. The predicted molar refractivity (Wildman–Crippen MR) is 549 cm³/mol. The van der Waals surface area contributed by atoms with Gasteiger partial charge in [0.05, 0.1) is 36.9 Å². The molecule has 4 fully saturated rings. The highest BCUT2D eigenvalue weighted by molar-refractivity contribution is 8.00. The first-order valence-electron chi connectivity index (χ1n) is 46.3. The number of aliphatic hydroxyl groups excluding tert-OH is 1. The fraction of sp³-hybridized carbons (Fsp3) is 0.364. The molecule has 9 heterocycles. The number of amides is 3. The van der Waals surface area contributed by atoms with E-state index in [0.29, 0.717) is 62.0 Å². The largest absolute Gasteiger partial charge is 0.534 e. The summed E-state index contributed by atoms with van der Waals surface area (Å²) in [6.45, 7) is 5.99. The van der Waals surface area contributed by atoms with Crippen LogP contribution in [0.5, 0.6) is 5.88 Å². The van der Waals surface area contributed by atoms with Crippen LogP contribution >= 0.6 is 70.1 Å². The van der Waals surface area contributed by atoms with Crippen LogP contribution in [0.2, 0.25) is 28.2 Å². The zero-order chi connectivity index (χ0) is 108. The first kappa shape index (κ1) is 115. The Hall–Kier alpha value is -11.7. The molecule has 150 heavy (non-hydrogen) atoms. The van der Waals surface area contributed by atoms with Crippen molar-refractivity contribution in [1.82, 2.24) is 28.7 Å². The number of rotatable bonds is 28. The minimum Gasteiger partial charge on any atom is -0.415 e. The third kappa shape index (κ3) is 29.0. The van der Waals surface area contributed by atoms with Gasteiger partial charge < -0.3 is 63.3 Å². The molecule has 3 amide bonds. The number of carbonyl (C=O) groups excluding carboxylic acids is 3. The Morgan fingerprint density at radius 2 is 0.840 bits per heavy atom. The van der Waals surface area contributed by atoms with Gasteiger partial charge in [0.15, 0.2) is 0 Å². The van der Waals surface area contributed by atoms with Crippen LogP contribution in [0.25, 0.3) is 0 Å². The molecule has 0 spiro atoms. The normalized spacial score (nSPS) is 20.7. The number of halogens is 15. The van der Waals surface area contributed by atoms with Gasteiger partial charge in [-0.15, -0.1) is 35.3 Å². The molecule has 30 nitrogen and oxygen atoms in total. The van der Waals surface area contributed by atoms with E-state index in [9.17, 15) is 89.9 Å². The smallest absolute Gasteiger partial charge is 0.415 e. The van der Waals surface area contributed by atoms with Gasteiger partial charge in [-0.05, 0) is 163 Å². The van der Waals surface area contributed by atoms with Crippen LogP contribution in [0.4, 0.5) is 95.8 Å². The summed E-state index contributed by atoms with van der Waals surface area (Å²) >= 11 is 22.1. The summed E-state index contributed by atoms with van der Waals surface area (Å²) in [5.74, 6) is 15.2. The van der Waals surface area contributed by atoms with Crippen LogP contribution < -0.4 is 74.7 Å².